The Labute approximate surface area is 266 Å². The summed E-state index contributed by atoms with van der Waals surface area (Å²) in [6, 6.07) is 9.63. The lowest BCUT2D eigenvalue weighted by atomic mass is 9.63. The molecule has 0 atom stereocenters. The molecule has 2 aliphatic carbocycles. The summed E-state index contributed by atoms with van der Waals surface area (Å²) in [5.41, 5.74) is 3.31. The second-order valence-corrected chi connectivity index (χ2v) is 14.2. The molecule has 1 heterocycles. The number of aliphatic carboxylic acids is 1. The number of benzene rings is 2. The molecule has 0 bridgehead atoms. The number of carboxylic acids is 2. The van der Waals surface area contributed by atoms with Crippen molar-refractivity contribution in [1.82, 2.24) is 4.90 Å². The van der Waals surface area contributed by atoms with Gasteiger partial charge in [-0.3, -0.25) is 14.4 Å². The van der Waals surface area contributed by atoms with Crippen molar-refractivity contribution >= 4 is 46.7 Å². The number of allylic oxidation sites excluding steroid dienone is 4. The van der Waals surface area contributed by atoms with Crippen molar-refractivity contribution in [2.75, 3.05) is 6.54 Å². The molecule has 5 rings (SSSR count). The summed E-state index contributed by atoms with van der Waals surface area (Å²) in [7, 11) is 0. The van der Waals surface area contributed by atoms with Crippen molar-refractivity contribution in [2.45, 2.75) is 72.3 Å². The minimum absolute atomic E-state index is 0.0804. The highest BCUT2D eigenvalue weighted by Gasteiger charge is 2.49. The Kier molecular flexibility index (Phi) is 8.46. The third kappa shape index (κ3) is 6.28. The normalized spacial score (nSPS) is 19.5. The van der Waals surface area contributed by atoms with Gasteiger partial charge in [-0.1, -0.05) is 63.0 Å². The average molecular weight is 641 g/mol. The summed E-state index contributed by atoms with van der Waals surface area (Å²) in [4.78, 5) is 52.6. The van der Waals surface area contributed by atoms with E-state index in [9.17, 15) is 24.3 Å². The molecule has 0 radical (unpaired) electrons. The van der Waals surface area contributed by atoms with Crippen LogP contribution in [0, 0.1) is 10.8 Å². The van der Waals surface area contributed by atoms with Gasteiger partial charge in [-0.05, 0) is 59.1 Å². The summed E-state index contributed by atoms with van der Waals surface area (Å²) >= 11 is 13.5. The molecule has 0 saturated carbocycles. The summed E-state index contributed by atoms with van der Waals surface area (Å²) in [5.74, 6) is -2.60. The van der Waals surface area contributed by atoms with Crippen molar-refractivity contribution in [1.29, 1.82) is 0 Å². The van der Waals surface area contributed by atoms with Gasteiger partial charge in [0.1, 0.15) is 6.61 Å². The molecule has 2 aromatic rings. The number of hydrogen-bond acceptors (Lipinski definition) is 6. The van der Waals surface area contributed by atoms with Crippen molar-refractivity contribution in [3.63, 3.8) is 0 Å². The molecule has 0 amide bonds. The average Bonchev–Trinajstić information content (AvgIpc) is 2.89. The number of ketones is 2. The van der Waals surface area contributed by atoms with Crippen LogP contribution in [-0.4, -0.2) is 45.2 Å². The van der Waals surface area contributed by atoms with Crippen LogP contribution in [0.5, 0.6) is 5.75 Å². The molecule has 0 aromatic heterocycles. The quantitative estimate of drug-likeness (QED) is 0.306. The Morgan fingerprint density at radius 1 is 0.864 bits per heavy atom. The SMILES string of the molecule is CC1(C)CC(=O)C2=C(C1)N(CCC(=O)O)C1=C(C(=O)CC(C)(C)C1)C2c1cc(Cl)c(OCc2ccc(C(=O)O)cc2)c(Cl)c1. The first-order valence-electron chi connectivity index (χ1n) is 14.5. The Morgan fingerprint density at radius 3 is 1.82 bits per heavy atom. The van der Waals surface area contributed by atoms with Gasteiger partial charge in [0.2, 0.25) is 0 Å². The molecule has 1 aliphatic heterocycles. The molecule has 232 valence electrons. The Hall–Kier alpha value is -3.62. The first-order chi connectivity index (χ1) is 20.6. The lowest BCUT2D eigenvalue weighted by molar-refractivity contribution is -0.137. The maximum Gasteiger partial charge on any atom is 0.335 e. The minimum atomic E-state index is -1.02. The highest BCUT2D eigenvalue weighted by molar-refractivity contribution is 6.37. The van der Waals surface area contributed by atoms with E-state index in [-0.39, 0.29) is 63.3 Å². The van der Waals surface area contributed by atoms with Crippen LogP contribution < -0.4 is 4.74 Å². The van der Waals surface area contributed by atoms with Crippen LogP contribution >= 0.6 is 23.2 Å². The van der Waals surface area contributed by atoms with Crippen molar-refractivity contribution in [3.8, 4) is 5.75 Å². The number of ether oxygens (including phenoxy) is 1. The number of hydrogen-bond donors (Lipinski definition) is 2. The molecule has 44 heavy (non-hydrogen) atoms. The monoisotopic (exact) mass is 639 g/mol. The number of carbonyl (C=O) groups is 4. The van der Waals surface area contributed by atoms with E-state index < -0.39 is 17.9 Å². The molecule has 2 N–H and O–H groups in total. The first-order valence-corrected chi connectivity index (χ1v) is 15.3. The molecule has 3 aliphatic rings. The fourth-order valence-electron chi connectivity index (χ4n) is 6.64. The number of rotatable bonds is 8. The molecule has 8 nitrogen and oxygen atoms in total. The molecule has 0 spiro atoms. The largest absolute Gasteiger partial charge is 0.486 e. The van der Waals surface area contributed by atoms with E-state index in [0.717, 1.165) is 17.0 Å². The van der Waals surface area contributed by atoms with Crippen LogP contribution in [0.4, 0.5) is 0 Å². The van der Waals surface area contributed by atoms with E-state index in [1.54, 1.807) is 24.3 Å². The maximum atomic E-state index is 13.9. The Bertz CT molecular complexity index is 1560. The second kappa shape index (κ2) is 11.7. The highest BCUT2D eigenvalue weighted by Crippen LogP contribution is 2.55. The van der Waals surface area contributed by atoms with Gasteiger partial charge in [0.25, 0.3) is 0 Å². The maximum absolute atomic E-state index is 13.9. The van der Waals surface area contributed by atoms with Gasteiger partial charge in [0, 0.05) is 47.8 Å². The molecule has 2 aromatic carbocycles. The van der Waals surface area contributed by atoms with E-state index in [1.807, 2.05) is 32.6 Å². The van der Waals surface area contributed by atoms with Crippen molar-refractivity contribution < 1.29 is 34.1 Å². The van der Waals surface area contributed by atoms with Crippen LogP contribution in [0.2, 0.25) is 10.0 Å². The lowest BCUT2D eigenvalue weighted by Gasteiger charge is -2.49. The van der Waals surface area contributed by atoms with E-state index in [2.05, 4.69) is 0 Å². The third-order valence-electron chi connectivity index (χ3n) is 8.51. The van der Waals surface area contributed by atoms with E-state index in [1.165, 1.54) is 12.1 Å². The number of carboxylic acid groups (broad SMARTS) is 2. The lowest BCUT2D eigenvalue weighted by Crippen LogP contribution is -2.45. The molecule has 0 unspecified atom stereocenters. The van der Waals surface area contributed by atoms with Gasteiger partial charge in [0.15, 0.2) is 17.3 Å². The van der Waals surface area contributed by atoms with E-state index >= 15 is 0 Å². The predicted molar refractivity (Wildman–Crippen MR) is 166 cm³/mol. The molecular formula is C34H35Cl2NO7. The topological polar surface area (TPSA) is 121 Å². The Balaban J connectivity index is 1.59. The van der Waals surface area contributed by atoms with Crippen LogP contribution in [0.3, 0.4) is 0 Å². The molecule has 0 saturated heterocycles. The fraction of sp³-hybridized carbons (Fsp3) is 0.412. The van der Waals surface area contributed by atoms with Gasteiger partial charge in [-0.25, -0.2) is 4.79 Å². The first kappa shape index (κ1) is 31.8. The van der Waals surface area contributed by atoms with Gasteiger partial charge >= 0.3 is 11.9 Å². The summed E-state index contributed by atoms with van der Waals surface area (Å²) in [6.07, 6.45) is 1.56. The zero-order valence-corrected chi connectivity index (χ0v) is 26.6. The van der Waals surface area contributed by atoms with Crippen LogP contribution in [0.1, 0.15) is 87.2 Å². The van der Waals surface area contributed by atoms with Gasteiger partial charge < -0.3 is 19.8 Å². The molecule has 0 fully saturated rings. The van der Waals surface area contributed by atoms with E-state index in [0.29, 0.717) is 42.4 Å². The second-order valence-electron chi connectivity index (χ2n) is 13.4. The smallest absolute Gasteiger partial charge is 0.335 e. The Morgan fingerprint density at radius 2 is 1.36 bits per heavy atom. The fourth-order valence-corrected chi connectivity index (χ4v) is 7.25. The number of carbonyl (C=O) groups excluding carboxylic acids is 2. The van der Waals surface area contributed by atoms with Crippen LogP contribution in [0.25, 0.3) is 0 Å². The van der Waals surface area contributed by atoms with Crippen molar-refractivity contribution in [3.05, 3.63) is 85.7 Å². The molecule has 10 heteroatoms. The van der Waals surface area contributed by atoms with Crippen LogP contribution in [-0.2, 0) is 21.0 Å². The minimum Gasteiger partial charge on any atom is -0.486 e. The highest BCUT2D eigenvalue weighted by atomic mass is 35.5. The number of nitrogens with zero attached hydrogens (tertiary/aromatic N) is 1. The number of Topliss-reactive ketones (excluding diaryl/α,β-unsaturated/α-hetero) is 2. The summed E-state index contributed by atoms with van der Waals surface area (Å²) in [6.45, 7) is 8.34. The standard InChI is InChI=1S/C34H35Cl2NO7/c1-33(2)13-23-29(25(38)15-33)28(30-24(37(23)10-9-27(40)41)14-34(3,4)16-26(30)39)20-11-21(35)31(22(36)12-20)44-17-18-5-7-19(8-6-18)32(42)43/h5-8,11-12,28H,9-10,13-17H2,1-4H3,(H,40,41)(H,42,43). The van der Waals surface area contributed by atoms with Crippen molar-refractivity contribution in [2.24, 2.45) is 10.8 Å². The summed E-state index contributed by atoms with van der Waals surface area (Å²) < 4.78 is 5.94. The van der Waals surface area contributed by atoms with Crippen LogP contribution in [0.15, 0.2) is 58.9 Å². The van der Waals surface area contributed by atoms with Gasteiger partial charge in [0.05, 0.1) is 22.0 Å². The number of aromatic carboxylic acids is 1. The number of halogens is 2. The molecular weight excluding hydrogens is 605 g/mol. The van der Waals surface area contributed by atoms with Gasteiger partial charge in [-0.15, -0.1) is 0 Å². The van der Waals surface area contributed by atoms with E-state index in [4.69, 9.17) is 33.0 Å². The summed E-state index contributed by atoms with van der Waals surface area (Å²) in [5, 5.41) is 19.1. The third-order valence-corrected chi connectivity index (χ3v) is 9.07. The predicted octanol–water partition coefficient (Wildman–Crippen LogP) is 7.43. The van der Waals surface area contributed by atoms with Gasteiger partial charge in [-0.2, -0.15) is 0 Å². The zero-order chi connectivity index (χ0) is 32.1. The zero-order valence-electron chi connectivity index (χ0n) is 25.1.